The van der Waals surface area contributed by atoms with E-state index in [1.807, 2.05) is 36.0 Å². The van der Waals surface area contributed by atoms with Crippen LogP contribution in [0.1, 0.15) is 22.0 Å². The number of rotatable bonds is 1. The third-order valence-corrected chi connectivity index (χ3v) is 4.02. The zero-order valence-electron chi connectivity index (χ0n) is 8.10. The van der Waals surface area contributed by atoms with Gasteiger partial charge in [0.25, 0.3) is 0 Å². The SMILES string of the molecule is O=C1OC(C2CNCS2)c2ccccc21. The summed E-state index contributed by atoms with van der Waals surface area (Å²) >= 11 is 1.82. The fraction of sp³-hybridized carbons (Fsp3) is 0.364. The Balaban J connectivity index is 1.97. The Hall–Kier alpha value is -1.00. The van der Waals surface area contributed by atoms with Crippen LogP contribution < -0.4 is 5.32 Å². The zero-order valence-corrected chi connectivity index (χ0v) is 8.92. The lowest BCUT2D eigenvalue weighted by atomic mass is 10.0. The minimum absolute atomic E-state index is 0.0614. The third-order valence-electron chi connectivity index (χ3n) is 2.80. The van der Waals surface area contributed by atoms with E-state index in [0.717, 1.165) is 23.5 Å². The molecule has 1 N–H and O–H groups in total. The molecule has 3 rings (SSSR count). The summed E-state index contributed by atoms with van der Waals surface area (Å²) in [5.41, 5.74) is 1.78. The van der Waals surface area contributed by atoms with Crippen molar-refractivity contribution in [2.75, 3.05) is 12.4 Å². The molecule has 1 aromatic rings. The normalized spacial score (nSPS) is 28.9. The highest BCUT2D eigenvalue weighted by atomic mass is 32.2. The second kappa shape index (κ2) is 3.54. The molecule has 0 aromatic heterocycles. The monoisotopic (exact) mass is 221 g/mol. The lowest BCUT2D eigenvalue weighted by molar-refractivity contribution is 0.0385. The molecule has 3 nitrogen and oxygen atoms in total. The maximum Gasteiger partial charge on any atom is 0.339 e. The van der Waals surface area contributed by atoms with Gasteiger partial charge in [-0.1, -0.05) is 18.2 Å². The molecule has 0 radical (unpaired) electrons. The van der Waals surface area contributed by atoms with Crippen LogP contribution in [-0.4, -0.2) is 23.6 Å². The predicted molar refractivity (Wildman–Crippen MR) is 58.8 cm³/mol. The van der Waals surface area contributed by atoms with Crippen molar-refractivity contribution in [2.45, 2.75) is 11.4 Å². The number of carbonyl (C=O) groups is 1. The minimum atomic E-state index is -0.178. The van der Waals surface area contributed by atoms with Gasteiger partial charge in [0.2, 0.25) is 0 Å². The standard InChI is InChI=1S/C11H11NO2S/c13-11-8-4-2-1-3-7(8)10(14-11)9-5-12-6-15-9/h1-4,9-10,12H,5-6H2. The minimum Gasteiger partial charge on any atom is -0.453 e. The molecule has 1 fully saturated rings. The number of nitrogens with one attached hydrogen (secondary N) is 1. The Morgan fingerprint density at radius 2 is 2.27 bits per heavy atom. The molecule has 1 aromatic carbocycles. The fourth-order valence-electron chi connectivity index (χ4n) is 2.07. The smallest absolute Gasteiger partial charge is 0.339 e. The second-order valence-corrected chi connectivity index (χ2v) is 4.94. The van der Waals surface area contributed by atoms with E-state index in [0.29, 0.717) is 5.25 Å². The highest BCUT2D eigenvalue weighted by Crippen LogP contribution is 2.38. The molecule has 2 unspecified atom stereocenters. The third kappa shape index (κ3) is 1.44. The van der Waals surface area contributed by atoms with E-state index in [9.17, 15) is 4.79 Å². The molecule has 0 bridgehead atoms. The molecular formula is C11H11NO2S. The predicted octanol–water partition coefficient (Wildman–Crippen LogP) is 1.56. The number of hydrogen-bond donors (Lipinski definition) is 1. The van der Waals surface area contributed by atoms with Gasteiger partial charge < -0.3 is 10.1 Å². The van der Waals surface area contributed by atoms with E-state index in [1.54, 1.807) is 0 Å². The first kappa shape index (κ1) is 9.24. The molecule has 0 amide bonds. The molecule has 15 heavy (non-hydrogen) atoms. The summed E-state index contributed by atoms with van der Waals surface area (Å²) in [6, 6.07) is 7.66. The van der Waals surface area contributed by atoms with Gasteiger partial charge in [-0.05, 0) is 6.07 Å². The van der Waals surface area contributed by atoms with E-state index in [-0.39, 0.29) is 12.1 Å². The van der Waals surface area contributed by atoms with Crippen LogP contribution >= 0.6 is 11.8 Å². The van der Waals surface area contributed by atoms with E-state index in [4.69, 9.17) is 4.74 Å². The van der Waals surface area contributed by atoms with E-state index in [2.05, 4.69) is 5.32 Å². The maximum atomic E-state index is 11.6. The van der Waals surface area contributed by atoms with Crippen molar-refractivity contribution in [3.8, 4) is 0 Å². The number of ether oxygens (including phenoxy) is 1. The van der Waals surface area contributed by atoms with Crippen LogP contribution in [0.3, 0.4) is 0 Å². The van der Waals surface area contributed by atoms with Gasteiger partial charge in [-0.3, -0.25) is 0 Å². The molecular weight excluding hydrogens is 210 g/mol. The van der Waals surface area contributed by atoms with Crippen molar-refractivity contribution in [2.24, 2.45) is 0 Å². The van der Waals surface area contributed by atoms with Crippen molar-refractivity contribution in [1.29, 1.82) is 0 Å². The van der Waals surface area contributed by atoms with Gasteiger partial charge in [-0.15, -0.1) is 11.8 Å². The number of cyclic esters (lactones) is 1. The molecule has 0 aliphatic carbocycles. The summed E-state index contributed by atoms with van der Waals surface area (Å²) in [5, 5.41) is 3.63. The highest BCUT2D eigenvalue weighted by Gasteiger charge is 2.37. The molecule has 2 heterocycles. The first-order valence-corrected chi connectivity index (χ1v) is 6.03. The largest absolute Gasteiger partial charge is 0.453 e. The zero-order chi connectivity index (χ0) is 10.3. The van der Waals surface area contributed by atoms with Crippen molar-refractivity contribution in [3.05, 3.63) is 35.4 Å². The first-order chi connectivity index (χ1) is 7.36. The number of esters is 1. The average molecular weight is 221 g/mol. The van der Waals surface area contributed by atoms with Gasteiger partial charge >= 0.3 is 5.97 Å². The molecule has 4 heteroatoms. The molecule has 2 atom stereocenters. The quantitative estimate of drug-likeness (QED) is 0.730. The Morgan fingerprint density at radius 1 is 1.40 bits per heavy atom. The van der Waals surface area contributed by atoms with Gasteiger partial charge in [0.1, 0.15) is 6.10 Å². The summed E-state index contributed by atoms with van der Waals surface area (Å²) in [4.78, 5) is 11.6. The summed E-state index contributed by atoms with van der Waals surface area (Å²) in [7, 11) is 0. The summed E-state index contributed by atoms with van der Waals surface area (Å²) < 4.78 is 5.42. The summed E-state index contributed by atoms with van der Waals surface area (Å²) in [6.45, 7) is 0.914. The molecule has 1 saturated heterocycles. The molecule has 0 spiro atoms. The Labute approximate surface area is 92.2 Å². The van der Waals surface area contributed by atoms with E-state index in [1.165, 1.54) is 0 Å². The number of carbonyl (C=O) groups excluding carboxylic acids is 1. The van der Waals surface area contributed by atoms with E-state index >= 15 is 0 Å². The molecule has 0 saturated carbocycles. The van der Waals surface area contributed by atoms with Crippen LogP contribution in [0, 0.1) is 0 Å². The first-order valence-electron chi connectivity index (χ1n) is 4.98. The molecule has 2 aliphatic heterocycles. The van der Waals surface area contributed by atoms with E-state index < -0.39 is 0 Å². The Bertz CT molecular complexity index is 401. The summed E-state index contributed by atoms with van der Waals surface area (Å²) in [6.07, 6.45) is -0.0614. The number of benzene rings is 1. The number of thioether (sulfide) groups is 1. The van der Waals surface area contributed by atoms with Gasteiger partial charge in [-0.2, -0.15) is 0 Å². The lowest BCUT2D eigenvalue weighted by Crippen LogP contribution is -2.20. The van der Waals surface area contributed by atoms with Gasteiger partial charge in [0.05, 0.1) is 10.8 Å². The fourth-order valence-corrected chi connectivity index (χ4v) is 3.13. The Kier molecular flexibility index (Phi) is 2.18. The van der Waals surface area contributed by atoms with Crippen LogP contribution in [0.2, 0.25) is 0 Å². The van der Waals surface area contributed by atoms with Gasteiger partial charge in [0, 0.05) is 18.0 Å². The highest BCUT2D eigenvalue weighted by molar-refractivity contribution is 8.00. The summed E-state index contributed by atoms with van der Waals surface area (Å²) in [5.74, 6) is 0.768. The van der Waals surface area contributed by atoms with Crippen LogP contribution in [0.15, 0.2) is 24.3 Å². The Morgan fingerprint density at radius 3 is 3.07 bits per heavy atom. The topological polar surface area (TPSA) is 38.3 Å². The van der Waals surface area contributed by atoms with Crippen LogP contribution in [-0.2, 0) is 4.74 Å². The lowest BCUT2D eigenvalue weighted by Gasteiger charge is -2.16. The molecule has 2 aliphatic rings. The van der Waals surface area contributed by atoms with Crippen molar-refractivity contribution >= 4 is 17.7 Å². The van der Waals surface area contributed by atoms with Crippen LogP contribution in [0.5, 0.6) is 0 Å². The number of fused-ring (bicyclic) bond motifs is 1. The average Bonchev–Trinajstić information content (AvgIpc) is 2.87. The van der Waals surface area contributed by atoms with Gasteiger partial charge in [0.15, 0.2) is 0 Å². The van der Waals surface area contributed by atoms with Crippen molar-refractivity contribution in [1.82, 2.24) is 5.32 Å². The van der Waals surface area contributed by atoms with Crippen LogP contribution in [0.25, 0.3) is 0 Å². The maximum absolute atomic E-state index is 11.6. The van der Waals surface area contributed by atoms with Crippen molar-refractivity contribution < 1.29 is 9.53 Å². The van der Waals surface area contributed by atoms with Crippen LogP contribution in [0.4, 0.5) is 0 Å². The molecule has 78 valence electrons. The van der Waals surface area contributed by atoms with Gasteiger partial charge in [-0.25, -0.2) is 4.79 Å². The number of hydrogen-bond acceptors (Lipinski definition) is 4. The van der Waals surface area contributed by atoms with Crippen molar-refractivity contribution in [3.63, 3.8) is 0 Å². The second-order valence-electron chi connectivity index (χ2n) is 3.72.